The first-order valence-electron chi connectivity index (χ1n) is 21.0. The summed E-state index contributed by atoms with van der Waals surface area (Å²) >= 11 is 0. The van der Waals surface area contributed by atoms with E-state index in [0.717, 1.165) is 82.9 Å². The number of ether oxygens (including phenoxy) is 3. The van der Waals surface area contributed by atoms with Gasteiger partial charge in [-0.25, -0.2) is 19.6 Å². The molecule has 6 atom stereocenters. The number of aromatic amines is 2. The zero-order valence-electron chi connectivity index (χ0n) is 34.6. The Balaban J connectivity index is 0.917. The van der Waals surface area contributed by atoms with Crippen molar-refractivity contribution in [2.75, 3.05) is 20.8 Å². The average molecular weight is 827 g/mol. The second-order valence-electron chi connectivity index (χ2n) is 16.7. The molecule has 4 N–H and O–H groups in total. The molecule has 1 saturated carbocycles. The van der Waals surface area contributed by atoms with Crippen molar-refractivity contribution in [1.29, 1.82) is 0 Å². The van der Waals surface area contributed by atoms with Crippen LogP contribution >= 0.6 is 0 Å². The van der Waals surface area contributed by atoms with Crippen molar-refractivity contribution in [3.63, 3.8) is 0 Å². The molecule has 0 unspecified atom stereocenters. The summed E-state index contributed by atoms with van der Waals surface area (Å²) < 4.78 is 16.0. The first kappa shape index (κ1) is 39.8. The van der Waals surface area contributed by atoms with E-state index in [1.165, 1.54) is 14.2 Å². The minimum Gasteiger partial charge on any atom is -0.488 e. The minimum absolute atomic E-state index is 0.0592. The van der Waals surface area contributed by atoms with Gasteiger partial charge in [-0.05, 0) is 84.4 Å². The number of carbonyl (C=O) groups is 4. The number of hydrogen-bond acceptors (Lipinski definition) is 9. The number of carbonyl (C=O) groups excluding carboxylic acids is 4. The molecule has 3 aromatic carbocycles. The first-order chi connectivity index (χ1) is 29.6. The van der Waals surface area contributed by atoms with E-state index in [-0.39, 0.29) is 41.8 Å². The Labute approximate surface area is 353 Å². The van der Waals surface area contributed by atoms with E-state index in [0.29, 0.717) is 24.5 Å². The molecule has 3 aliphatic heterocycles. The third-order valence-electron chi connectivity index (χ3n) is 12.8. The SMILES string of the molecule is COC(=O)N[C@H](C(=O)N1CCC[C@H]1c1ncc(-c2ccc3c(c2)COc2cc(-c4cnc([C@@H]5[C@H]6CC[C@H](C6)N5C(=O)[C@H](NC(=O)OC)c5ccccc5)[nH]4)ccc2-3)[nH]1)C(C)C. The molecule has 2 aromatic heterocycles. The fraction of sp³-hybridized carbons (Fsp3) is 0.391. The lowest BCUT2D eigenvalue weighted by molar-refractivity contribution is -0.138. The number of alkyl carbamates (subject to hydrolysis) is 2. The lowest BCUT2D eigenvalue weighted by atomic mass is 9.93. The Morgan fingerprint density at radius 1 is 0.803 bits per heavy atom. The Bertz CT molecular complexity index is 2460. The molecule has 5 aromatic rings. The van der Waals surface area contributed by atoms with Gasteiger partial charge in [-0.2, -0.15) is 0 Å². The van der Waals surface area contributed by atoms with Crippen LogP contribution in [0.1, 0.15) is 86.9 Å². The quantitative estimate of drug-likeness (QED) is 0.113. The van der Waals surface area contributed by atoms with Gasteiger partial charge in [-0.3, -0.25) is 9.59 Å². The highest BCUT2D eigenvalue weighted by Gasteiger charge is 2.51. The molecule has 316 valence electrons. The Morgan fingerprint density at radius 2 is 1.49 bits per heavy atom. The number of piperidine rings is 1. The van der Waals surface area contributed by atoms with E-state index in [9.17, 15) is 19.2 Å². The van der Waals surface area contributed by atoms with Gasteiger partial charge in [0.05, 0.1) is 50.1 Å². The molecule has 4 aliphatic rings. The van der Waals surface area contributed by atoms with Crippen LogP contribution in [0.5, 0.6) is 5.75 Å². The number of H-pyrrole nitrogens is 2. The van der Waals surface area contributed by atoms with Gasteiger partial charge in [0.1, 0.15) is 36.1 Å². The zero-order chi connectivity index (χ0) is 42.4. The van der Waals surface area contributed by atoms with Crippen LogP contribution < -0.4 is 15.4 Å². The summed E-state index contributed by atoms with van der Waals surface area (Å²) in [5.41, 5.74) is 7.33. The smallest absolute Gasteiger partial charge is 0.407 e. The van der Waals surface area contributed by atoms with Gasteiger partial charge in [0.15, 0.2) is 0 Å². The molecule has 61 heavy (non-hydrogen) atoms. The number of amides is 4. The number of nitrogens with one attached hydrogen (secondary N) is 4. The van der Waals surface area contributed by atoms with Gasteiger partial charge in [0, 0.05) is 23.7 Å². The van der Waals surface area contributed by atoms with Gasteiger partial charge >= 0.3 is 12.2 Å². The number of aromatic nitrogens is 4. The van der Waals surface area contributed by atoms with Gasteiger partial charge < -0.3 is 44.6 Å². The van der Waals surface area contributed by atoms with Crippen LogP contribution in [0.25, 0.3) is 33.6 Å². The van der Waals surface area contributed by atoms with Crippen LogP contribution in [0.15, 0.2) is 79.1 Å². The first-order valence-corrected chi connectivity index (χ1v) is 21.0. The number of imidazole rings is 2. The van der Waals surface area contributed by atoms with Gasteiger partial charge in [-0.1, -0.05) is 62.4 Å². The number of nitrogens with zero attached hydrogens (tertiary/aromatic N) is 4. The molecular weight excluding hydrogens is 777 g/mol. The molecule has 4 amide bonds. The van der Waals surface area contributed by atoms with Crippen LogP contribution in [0, 0.1) is 11.8 Å². The van der Waals surface area contributed by atoms with Gasteiger partial charge in [0.25, 0.3) is 5.91 Å². The van der Waals surface area contributed by atoms with E-state index >= 15 is 0 Å². The molecule has 2 bridgehead atoms. The van der Waals surface area contributed by atoms with Gasteiger partial charge in [-0.15, -0.1) is 0 Å². The van der Waals surface area contributed by atoms with Crippen LogP contribution in [0.4, 0.5) is 9.59 Å². The van der Waals surface area contributed by atoms with Gasteiger partial charge in [0.2, 0.25) is 5.91 Å². The molecule has 15 heteroatoms. The molecule has 1 aliphatic carbocycles. The van der Waals surface area contributed by atoms with E-state index in [1.54, 1.807) is 6.20 Å². The second kappa shape index (κ2) is 16.4. The maximum absolute atomic E-state index is 14.3. The van der Waals surface area contributed by atoms with E-state index in [4.69, 9.17) is 24.2 Å². The lowest BCUT2D eigenvalue weighted by Crippen LogP contribution is -2.51. The molecule has 2 saturated heterocycles. The second-order valence-corrected chi connectivity index (χ2v) is 16.7. The van der Waals surface area contributed by atoms with E-state index in [2.05, 4.69) is 50.9 Å². The molecule has 5 heterocycles. The molecule has 0 spiro atoms. The highest BCUT2D eigenvalue weighted by Crippen LogP contribution is 2.51. The van der Waals surface area contributed by atoms with Crippen molar-refractivity contribution in [1.82, 2.24) is 40.4 Å². The summed E-state index contributed by atoms with van der Waals surface area (Å²) in [5, 5.41) is 5.47. The fourth-order valence-corrected chi connectivity index (χ4v) is 9.73. The number of benzene rings is 3. The monoisotopic (exact) mass is 826 g/mol. The lowest BCUT2D eigenvalue weighted by Gasteiger charge is -2.36. The Morgan fingerprint density at radius 3 is 2.23 bits per heavy atom. The molecule has 3 fully saturated rings. The van der Waals surface area contributed by atoms with Crippen molar-refractivity contribution < 1.29 is 33.4 Å². The number of rotatable bonds is 10. The predicted molar refractivity (Wildman–Crippen MR) is 225 cm³/mol. The minimum atomic E-state index is -0.888. The highest BCUT2D eigenvalue weighted by molar-refractivity contribution is 5.88. The summed E-state index contributed by atoms with van der Waals surface area (Å²) in [6.45, 7) is 4.76. The topological polar surface area (TPSA) is 184 Å². The number of fused-ring (bicyclic) bond motifs is 5. The van der Waals surface area contributed by atoms with Crippen molar-refractivity contribution in [3.8, 4) is 39.4 Å². The summed E-state index contributed by atoms with van der Waals surface area (Å²) in [6.07, 6.45) is 6.73. The molecular formula is C46H50N8O7. The average Bonchev–Trinajstić information content (AvgIpc) is 4.15. The Hall–Kier alpha value is -6.64. The van der Waals surface area contributed by atoms with Crippen LogP contribution in [0.3, 0.4) is 0 Å². The Kier molecular flexibility index (Phi) is 10.7. The largest absolute Gasteiger partial charge is 0.488 e. The maximum Gasteiger partial charge on any atom is 0.407 e. The van der Waals surface area contributed by atoms with E-state index < -0.39 is 24.3 Å². The third-order valence-corrected chi connectivity index (χ3v) is 12.8. The number of likely N-dealkylation sites (tertiary alicyclic amines) is 2. The zero-order valence-corrected chi connectivity index (χ0v) is 34.6. The summed E-state index contributed by atoms with van der Waals surface area (Å²) in [4.78, 5) is 72.7. The molecule has 15 nitrogen and oxygen atoms in total. The van der Waals surface area contributed by atoms with Crippen molar-refractivity contribution in [3.05, 3.63) is 102 Å². The third kappa shape index (κ3) is 7.46. The number of methoxy groups -OCH3 is 2. The maximum atomic E-state index is 14.3. The fourth-order valence-electron chi connectivity index (χ4n) is 9.73. The number of hydrogen-bond donors (Lipinski definition) is 4. The van der Waals surface area contributed by atoms with Crippen molar-refractivity contribution in [2.24, 2.45) is 11.8 Å². The highest BCUT2D eigenvalue weighted by atomic mass is 16.5. The van der Waals surface area contributed by atoms with Crippen LogP contribution in [0.2, 0.25) is 0 Å². The van der Waals surface area contributed by atoms with E-state index in [1.807, 2.05) is 66.2 Å². The van der Waals surface area contributed by atoms with Crippen molar-refractivity contribution >= 4 is 24.0 Å². The van der Waals surface area contributed by atoms with Crippen LogP contribution in [-0.4, -0.2) is 86.6 Å². The summed E-state index contributed by atoms with van der Waals surface area (Å²) in [6, 6.07) is 19.7. The normalized spacial score (nSPS) is 21.0. The van der Waals surface area contributed by atoms with Crippen molar-refractivity contribution in [2.45, 2.75) is 82.8 Å². The standard InChI is InChI=1S/C46H50N8O7/c1-25(2)38(51-45(57)59-3)43(55)53-18-8-11-36(53)41-47-22-34(49-41)27-13-16-32-30(19-27)24-61-37-21-28(14-17-33(32)37)35-23-48-42(50-35)40-29-12-15-31(20-29)54(40)44(56)39(52-46(58)60-4)26-9-6-5-7-10-26/h5-7,9-10,13-14,16-17,19,21-23,25,29,31,36,38-40H,8,11-12,15,18,20,24H2,1-4H3,(H,47,49)(H,48,50)(H,51,57)(H,52,58)/t29-,31+,36-,38-,39+,40-/m0/s1. The summed E-state index contributed by atoms with van der Waals surface area (Å²) in [5.74, 6) is 2.01. The molecule has 0 radical (unpaired) electrons. The van der Waals surface area contributed by atoms with Crippen LogP contribution in [-0.2, 0) is 25.7 Å². The molecule has 9 rings (SSSR count). The summed E-state index contributed by atoms with van der Waals surface area (Å²) in [7, 11) is 2.58. The predicted octanol–water partition coefficient (Wildman–Crippen LogP) is 7.22.